The van der Waals surface area contributed by atoms with Gasteiger partial charge in [0.1, 0.15) is 0 Å². The molecule has 3 rings (SSSR count). The molecule has 0 spiro atoms. The Labute approximate surface area is 144 Å². The van der Waals surface area contributed by atoms with Crippen LogP contribution in [0.4, 0.5) is 0 Å². The van der Waals surface area contributed by atoms with Gasteiger partial charge in [-0.05, 0) is 23.8 Å². The van der Waals surface area contributed by atoms with E-state index in [1.54, 1.807) is 31.4 Å². The molecule has 1 heterocycles. The highest BCUT2D eigenvalue weighted by Gasteiger charge is 2.23. The molecule has 1 amide bonds. The first-order chi connectivity index (χ1) is 12.0. The fraction of sp³-hybridized carbons (Fsp3) is 0.158. The Kier molecular flexibility index (Phi) is 4.43. The fourth-order valence-corrected chi connectivity index (χ4v) is 2.71. The van der Waals surface area contributed by atoms with Crippen molar-refractivity contribution >= 4 is 22.6 Å². The van der Waals surface area contributed by atoms with E-state index in [-0.39, 0.29) is 12.3 Å². The monoisotopic (exact) mass is 338 g/mol. The van der Waals surface area contributed by atoms with Crippen LogP contribution in [0.25, 0.3) is 10.9 Å². The smallest absolute Gasteiger partial charge is 0.295 e. The van der Waals surface area contributed by atoms with Gasteiger partial charge in [0.25, 0.3) is 11.7 Å². The molecule has 0 aliphatic heterocycles. The molecule has 0 aliphatic rings. The van der Waals surface area contributed by atoms with Gasteiger partial charge in [-0.3, -0.25) is 9.59 Å². The number of hydrogen-bond acceptors (Lipinski definition) is 4. The summed E-state index contributed by atoms with van der Waals surface area (Å²) in [5, 5.41) is 10.4. The first-order valence-electron chi connectivity index (χ1n) is 7.73. The Bertz CT molecular complexity index is 946. The third-order valence-electron chi connectivity index (χ3n) is 4.04. The predicted molar refractivity (Wildman–Crippen MR) is 93.8 cm³/mol. The normalized spacial score (nSPS) is 10.6. The summed E-state index contributed by atoms with van der Waals surface area (Å²) in [6.45, 7) is 0.226. The highest BCUT2D eigenvalue weighted by molar-refractivity contribution is 6.44. The van der Waals surface area contributed by atoms with Crippen LogP contribution in [0.3, 0.4) is 0 Å². The van der Waals surface area contributed by atoms with Gasteiger partial charge in [-0.15, -0.1) is 0 Å². The number of nitrogens with one attached hydrogen (secondary N) is 1. The van der Waals surface area contributed by atoms with Crippen molar-refractivity contribution in [1.82, 2.24) is 9.88 Å². The molecule has 0 bridgehead atoms. The van der Waals surface area contributed by atoms with Crippen molar-refractivity contribution in [3.05, 3.63) is 59.8 Å². The number of para-hydroxylation sites is 1. The lowest BCUT2D eigenvalue weighted by atomic mass is 10.1. The van der Waals surface area contributed by atoms with Crippen LogP contribution in [0.15, 0.2) is 48.7 Å². The molecule has 128 valence electrons. The lowest BCUT2D eigenvalue weighted by molar-refractivity contribution is -0.125. The van der Waals surface area contributed by atoms with Crippen LogP contribution in [0.5, 0.6) is 11.5 Å². The van der Waals surface area contributed by atoms with E-state index in [1.807, 2.05) is 18.2 Å². The summed E-state index contributed by atoms with van der Waals surface area (Å²) in [5.41, 5.74) is 1.91. The van der Waals surface area contributed by atoms with Crippen LogP contribution in [0, 0.1) is 0 Å². The maximum atomic E-state index is 12.6. The van der Waals surface area contributed by atoms with Crippen molar-refractivity contribution in [2.24, 2.45) is 0 Å². The summed E-state index contributed by atoms with van der Waals surface area (Å²) in [5.74, 6) is -0.820. The summed E-state index contributed by atoms with van der Waals surface area (Å²) >= 11 is 0. The second kappa shape index (κ2) is 6.68. The molecule has 25 heavy (non-hydrogen) atoms. The summed E-state index contributed by atoms with van der Waals surface area (Å²) in [4.78, 5) is 29.4. The summed E-state index contributed by atoms with van der Waals surface area (Å²) in [6, 6.07) is 12.1. The van der Waals surface area contributed by atoms with Crippen LogP contribution in [0.2, 0.25) is 0 Å². The maximum Gasteiger partial charge on any atom is 0.295 e. The minimum atomic E-state index is -0.600. The minimum Gasteiger partial charge on any atom is -0.504 e. The number of ketones is 1. The highest BCUT2D eigenvalue weighted by Crippen LogP contribution is 2.27. The Morgan fingerprint density at radius 2 is 1.96 bits per heavy atom. The second-order valence-corrected chi connectivity index (χ2v) is 5.74. The molecule has 0 fully saturated rings. The van der Waals surface area contributed by atoms with Crippen molar-refractivity contribution in [3.8, 4) is 11.5 Å². The van der Waals surface area contributed by atoms with Gasteiger partial charge in [0.05, 0.1) is 12.7 Å². The third-order valence-corrected chi connectivity index (χ3v) is 4.04. The average molecular weight is 338 g/mol. The van der Waals surface area contributed by atoms with Crippen molar-refractivity contribution < 1.29 is 19.4 Å². The third kappa shape index (κ3) is 3.19. The lowest BCUT2D eigenvalue weighted by Crippen LogP contribution is -2.32. The number of Topliss-reactive ketones (excluding diaryl/α,β-unsaturated/α-hetero) is 1. The van der Waals surface area contributed by atoms with Gasteiger partial charge in [-0.25, -0.2) is 0 Å². The first kappa shape index (κ1) is 16.6. The number of carbonyl (C=O) groups is 2. The standard InChI is InChI=1S/C19H18N2O4/c1-21(11-12-7-8-16(22)17(9-12)25-2)19(24)18(23)14-10-20-15-6-4-3-5-13(14)15/h3-10,20,22H,11H2,1-2H3. The molecule has 0 saturated heterocycles. The SMILES string of the molecule is COc1cc(CN(C)C(=O)C(=O)c2c[nH]c3ccccc23)ccc1O. The van der Waals surface area contributed by atoms with E-state index in [0.29, 0.717) is 11.3 Å². The van der Waals surface area contributed by atoms with Crippen molar-refractivity contribution in [3.63, 3.8) is 0 Å². The van der Waals surface area contributed by atoms with Crippen LogP contribution in [-0.4, -0.2) is 40.8 Å². The number of phenolic OH excluding ortho intramolecular Hbond substituents is 1. The molecule has 6 nitrogen and oxygen atoms in total. The summed E-state index contributed by atoms with van der Waals surface area (Å²) in [6.07, 6.45) is 1.56. The van der Waals surface area contributed by atoms with E-state index in [9.17, 15) is 14.7 Å². The first-order valence-corrected chi connectivity index (χ1v) is 7.73. The summed E-state index contributed by atoms with van der Waals surface area (Å²) in [7, 11) is 3.02. The average Bonchev–Trinajstić information content (AvgIpc) is 3.06. The van der Waals surface area contributed by atoms with Gasteiger partial charge in [-0.1, -0.05) is 24.3 Å². The Morgan fingerprint density at radius 1 is 1.20 bits per heavy atom. The number of phenols is 1. The van der Waals surface area contributed by atoms with E-state index in [0.717, 1.165) is 16.5 Å². The zero-order valence-electron chi connectivity index (χ0n) is 13.9. The maximum absolute atomic E-state index is 12.6. The molecular formula is C19H18N2O4. The van der Waals surface area contributed by atoms with E-state index in [2.05, 4.69) is 4.98 Å². The molecule has 1 aromatic heterocycles. The zero-order valence-corrected chi connectivity index (χ0v) is 13.9. The second-order valence-electron chi connectivity index (χ2n) is 5.74. The number of amides is 1. The number of likely N-dealkylation sites (N-methyl/N-ethyl adjacent to an activating group) is 1. The lowest BCUT2D eigenvalue weighted by Gasteiger charge is -2.17. The number of carbonyl (C=O) groups excluding carboxylic acids is 2. The number of ether oxygens (including phenoxy) is 1. The number of fused-ring (bicyclic) bond motifs is 1. The topological polar surface area (TPSA) is 82.6 Å². The quantitative estimate of drug-likeness (QED) is 0.553. The number of rotatable bonds is 5. The molecule has 2 aromatic carbocycles. The molecule has 0 radical (unpaired) electrons. The number of H-pyrrole nitrogens is 1. The fourth-order valence-electron chi connectivity index (χ4n) is 2.71. The number of aromatic nitrogens is 1. The van der Waals surface area contributed by atoms with Crippen LogP contribution >= 0.6 is 0 Å². The largest absolute Gasteiger partial charge is 0.504 e. The molecule has 3 aromatic rings. The van der Waals surface area contributed by atoms with Gasteiger partial charge in [0.15, 0.2) is 11.5 Å². The van der Waals surface area contributed by atoms with Gasteiger partial charge >= 0.3 is 0 Å². The number of aromatic hydroxyl groups is 1. The molecule has 6 heteroatoms. The van der Waals surface area contributed by atoms with Gasteiger partial charge in [0.2, 0.25) is 0 Å². The van der Waals surface area contributed by atoms with E-state index < -0.39 is 11.7 Å². The molecular weight excluding hydrogens is 320 g/mol. The number of aromatic amines is 1. The zero-order chi connectivity index (χ0) is 18.0. The van der Waals surface area contributed by atoms with Gasteiger partial charge in [-0.2, -0.15) is 0 Å². The summed E-state index contributed by atoms with van der Waals surface area (Å²) < 4.78 is 5.06. The van der Waals surface area contributed by atoms with E-state index in [1.165, 1.54) is 18.1 Å². The highest BCUT2D eigenvalue weighted by atomic mass is 16.5. The van der Waals surface area contributed by atoms with Crippen LogP contribution in [-0.2, 0) is 11.3 Å². The number of benzene rings is 2. The molecule has 0 aliphatic carbocycles. The van der Waals surface area contributed by atoms with Crippen LogP contribution in [0.1, 0.15) is 15.9 Å². The molecule has 0 atom stereocenters. The molecule has 0 unspecified atom stereocenters. The molecule has 2 N–H and O–H groups in total. The van der Waals surface area contributed by atoms with Crippen molar-refractivity contribution in [1.29, 1.82) is 0 Å². The predicted octanol–water partition coefficient (Wildman–Crippen LogP) is 2.72. The Morgan fingerprint density at radius 3 is 2.72 bits per heavy atom. The van der Waals surface area contributed by atoms with Gasteiger partial charge < -0.3 is 19.7 Å². The number of methoxy groups -OCH3 is 1. The van der Waals surface area contributed by atoms with Crippen molar-refractivity contribution in [2.45, 2.75) is 6.54 Å². The van der Waals surface area contributed by atoms with Crippen LogP contribution < -0.4 is 4.74 Å². The van der Waals surface area contributed by atoms with E-state index >= 15 is 0 Å². The Balaban J connectivity index is 1.79. The van der Waals surface area contributed by atoms with Gasteiger partial charge in [0, 0.05) is 30.7 Å². The minimum absolute atomic E-state index is 0.0232. The van der Waals surface area contributed by atoms with E-state index in [4.69, 9.17) is 4.74 Å². The van der Waals surface area contributed by atoms with Crippen molar-refractivity contribution in [2.75, 3.05) is 14.2 Å². The molecule has 0 saturated carbocycles. The number of nitrogens with zero attached hydrogens (tertiary/aromatic N) is 1. The Hall–Kier alpha value is -3.28. The number of hydrogen-bond donors (Lipinski definition) is 2.